The number of carbonyl (C=O) groups is 2. The third-order valence-corrected chi connectivity index (χ3v) is 8.81. The molecule has 160 valence electrons. The molecule has 3 saturated carbocycles. The van der Waals surface area contributed by atoms with Crippen molar-refractivity contribution in [3.8, 4) is 0 Å². The van der Waals surface area contributed by atoms with Crippen molar-refractivity contribution in [3.05, 3.63) is 11.1 Å². The van der Waals surface area contributed by atoms with E-state index in [9.17, 15) is 14.7 Å². The number of nitrogens with one attached hydrogen (secondary N) is 1. The maximum Gasteiger partial charge on any atom is 0.341 e. The minimum atomic E-state index is -1.07. The molecule has 0 amide bonds. The van der Waals surface area contributed by atoms with Gasteiger partial charge in [-0.15, -0.1) is 0 Å². The number of hydrogen-bond acceptors (Lipinski definition) is 6. The molecule has 0 unspecified atom stereocenters. The number of Topliss-reactive ketones (excluding diaryl/α,β-unsaturated/α-hetero) is 1. The first-order valence-corrected chi connectivity index (χ1v) is 11.3. The summed E-state index contributed by atoms with van der Waals surface area (Å²) in [6.45, 7) is 2.20. The predicted octanol–water partition coefficient (Wildman–Crippen LogP) is 2.00. The summed E-state index contributed by atoms with van der Waals surface area (Å²) in [5.41, 5.74) is -0.205. The lowest BCUT2D eigenvalue weighted by Crippen LogP contribution is -2.57. The number of methoxy groups -OCH3 is 2. The SMILES string of the molecule is COC(=O)C1=C2[C@H]([C@@H]3C[C@@H]4N[C@H](C)CC[C@@H]4[C@@]2(O)C3)[C@H]2CCC[C@@H](OC)[C@@H]2C1=O. The number of hydrogen-bond donors (Lipinski definition) is 2. The van der Waals surface area contributed by atoms with Gasteiger partial charge in [0.15, 0.2) is 5.78 Å². The van der Waals surface area contributed by atoms with Crippen LogP contribution in [-0.2, 0) is 19.1 Å². The summed E-state index contributed by atoms with van der Waals surface area (Å²) in [7, 11) is 2.99. The van der Waals surface area contributed by atoms with Gasteiger partial charge in [-0.1, -0.05) is 6.42 Å². The van der Waals surface area contributed by atoms with Crippen molar-refractivity contribution in [3.63, 3.8) is 0 Å². The van der Waals surface area contributed by atoms with Gasteiger partial charge < -0.3 is 19.9 Å². The number of ether oxygens (including phenoxy) is 2. The number of fused-ring (bicyclic) bond motifs is 9. The van der Waals surface area contributed by atoms with Crippen LogP contribution >= 0.6 is 0 Å². The van der Waals surface area contributed by atoms with Crippen molar-refractivity contribution in [1.82, 2.24) is 5.32 Å². The molecular weight excluding hydrogens is 370 g/mol. The van der Waals surface area contributed by atoms with E-state index in [0.717, 1.165) is 44.1 Å². The van der Waals surface area contributed by atoms with Crippen molar-refractivity contribution in [2.24, 2.45) is 29.6 Å². The van der Waals surface area contributed by atoms with Gasteiger partial charge in [-0.2, -0.15) is 0 Å². The van der Waals surface area contributed by atoms with Crippen LogP contribution in [0.5, 0.6) is 0 Å². The lowest BCUT2D eigenvalue weighted by molar-refractivity contribution is -0.142. The largest absolute Gasteiger partial charge is 0.465 e. The number of rotatable bonds is 2. The summed E-state index contributed by atoms with van der Waals surface area (Å²) in [4.78, 5) is 26.5. The molecule has 4 fully saturated rings. The van der Waals surface area contributed by atoms with Crippen LogP contribution in [0.4, 0.5) is 0 Å². The Morgan fingerprint density at radius 3 is 2.69 bits per heavy atom. The van der Waals surface area contributed by atoms with Crippen LogP contribution in [0.15, 0.2) is 11.1 Å². The molecule has 0 spiro atoms. The molecule has 2 bridgehead atoms. The van der Waals surface area contributed by atoms with Crippen LogP contribution in [0.2, 0.25) is 0 Å². The van der Waals surface area contributed by atoms with E-state index in [-0.39, 0.29) is 47.2 Å². The van der Waals surface area contributed by atoms with Gasteiger partial charge in [0.1, 0.15) is 5.57 Å². The molecule has 4 aliphatic carbocycles. The third-order valence-electron chi connectivity index (χ3n) is 8.81. The molecule has 0 aromatic heterocycles. The van der Waals surface area contributed by atoms with E-state index in [4.69, 9.17) is 9.47 Å². The lowest BCUT2D eigenvalue weighted by Gasteiger charge is -2.48. The lowest BCUT2D eigenvalue weighted by atomic mass is 9.60. The monoisotopic (exact) mass is 403 g/mol. The quantitative estimate of drug-likeness (QED) is 0.542. The van der Waals surface area contributed by atoms with E-state index in [0.29, 0.717) is 18.4 Å². The zero-order valence-electron chi connectivity index (χ0n) is 17.6. The van der Waals surface area contributed by atoms with E-state index in [1.165, 1.54) is 7.11 Å². The van der Waals surface area contributed by atoms with E-state index in [2.05, 4.69) is 12.2 Å². The Morgan fingerprint density at radius 1 is 1.17 bits per heavy atom. The molecule has 6 nitrogen and oxygen atoms in total. The number of carbonyl (C=O) groups excluding carboxylic acids is 2. The molecule has 5 rings (SSSR count). The Balaban J connectivity index is 1.67. The minimum absolute atomic E-state index is 0.0563. The first kappa shape index (κ1) is 19.7. The van der Waals surface area contributed by atoms with Crippen LogP contribution in [0.25, 0.3) is 0 Å². The maximum atomic E-state index is 13.6. The molecule has 0 aromatic rings. The molecule has 1 heterocycles. The first-order chi connectivity index (χ1) is 13.9. The van der Waals surface area contributed by atoms with Crippen molar-refractivity contribution in [2.75, 3.05) is 14.2 Å². The molecule has 1 saturated heterocycles. The summed E-state index contributed by atoms with van der Waals surface area (Å²) in [6.07, 6.45) is 6.29. The Bertz CT molecular complexity index is 762. The molecule has 2 N–H and O–H groups in total. The smallest absolute Gasteiger partial charge is 0.341 e. The topological polar surface area (TPSA) is 84.9 Å². The van der Waals surface area contributed by atoms with Crippen molar-refractivity contribution in [1.29, 1.82) is 0 Å². The second-order valence-electron chi connectivity index (χ2n) is 10.0. The predicted molar refractivity (Wildman–Crippen MR) is 106 cm³/mol. The fraction of sp³-hybridized carbons (Fsp3) is 0.826. The Labute approximate surface area is 172 Å². The molecule has 6 heteroatoms. The van der Waals surface area contributed by atoms with E-state index >= 15 is 0 Å². The normalized spacial score (nSPS) is 48.6. The van der Waals surface area contributed by atoms with Crippen LogP contribution in [0.1, 0.15) is 51.9 Å². The minimum Gasteiger partial charge on any atom is -0.465 e. The van der Waals surface area contributed by atoms with Gasteiger partial charge in [0.25, 0.3) is 0 Å². The van der Waals surface area contributed by atoms with Crippen LogP contribution < -0.4 is 5.32 Å². The van der Waals surface area contributed by atoms with Crippen LogP contribution in [0, 0.1) is 29.6 Å². The average molecular weight is 404 g/mol. The molecule has 5 aliphatic rings. The van der Waals surface area contributed by atoms with Crippen LogP contribution in [-0.4, -0.2) is 54.9 Å². The van der Waals surface area contributed by atoms with E-state index in [1.807, 2.05) is 0 Å². The van der Waals surface area contributed by atoms with E-state index < -0.39 is 11.6 Å². The summed E-state index contributed by atoms with van der Waals surface area (Å²) < 4.78 is 10.8. The number of ketones is 1. The van der Waals surface area contributed by atoms with E-state index in [1.54, 1.807) is 7.11 Å². The fourth-order valence-electron chi connectivity index (χ4n) is 7.85. The standard InChI is InChI=1S/C23H33NO5/c1-11-7-8-14-15(24-11)9-12-10-23(14,27)20-17(12)13-5-4-6-16(28-2)18(13)21(25)19(20)22(26)29-3/h11-18,24,27H,4-10H2,1-3H3/t11-,12-,13-,14+,15+,16-,17-,18-,23+/m1/s1. The van der Waals surface area contributed by atoms with Gasteiger partial charge in [-0.3, -0.25) is 4.79 Å². The Kier molecular flexibility index (Phi) is 4.68. The molecule has 0 aromatic carbocycles. The first-order valence-electron chi connectivity index (χ1n) is 11.3. The van der Waals surface area contributed by atoms with Gasteiger partial charge in [-0.25, -0.2) is 4.79 Å². The van der Waals surface area contributed by atoms with Gasteiger partial charge in [0, 0.05) is 25.1 Å². The van der Waals surface area contributed by atoms with Gasteiger partial charge in [0.05, 0.1) is 24.7 Å². The zero-order valence-corrected chi connectivity index (χ0v) is 17.6. The van der Waals surface area contributed by atoms with Crippen LogP contribution in [0.3, 0.4) is 0 Å². The summed E-state index contributed by atoms with van der Waals surface area (Å²) in [5.74, 6) is -0.448. The van der Waals surface area contributed by atoms with Crippen molar-refractivity contribution < 1.29 is 24.2 Å². The zero-order chi connectivity index (χ0) is 20.5. The fourth-order valence-corrected chi connectivity index (χ4v) is 7.85. The van der Waals surface area contributed by atoms with Gasteiger partial charge in [-0.05, 0) is 68.8 Å². The Hall–Kier alpha value is -1.24. The third kappa shape index (κ3) is 2.64. The number of piperidine rings is 1. The highest BCUT2D eigenvalue weighted by atomic mass is 16.5. The molecule has 29 heavy (non-hydrogen) atoms. The number of esters is 1. The highest BCUT2D eigenvalue weighted by Crippen LogP contribution is 2.64. The van der Waals surface area contributed by atoms with Gasteiger partial charge in [0.2, 0.25) is 0 Å². The maximum absolute atomic E-state index is 13.6. The molecule has 0 radical (unpaired) electrons. The molecular formula is C23H33NO5. The summed E-state index contributed by atoms with van der Waals surface area (Å²) in [6, 6.07) is 0.685. The second-order valence-corrected chi connectivity index (χ2v) is 10.0. The molecule has 9 atom stereocenters. The Morgan fingerprint density at radius 2 is 1.97 bits per heavy atom. The second kappa shape index (κ2) is 6.89. The summed E-state index contributed by atoms with van der Waals surface area (Å²) >= 11 is 0. The highest BCUT2D eigenvalue weighted by Gasteiger charge is 2.66. The number of aliphatic hydroxyl groups is 1. The van der Waals surface area contributed by atoms with Crippen molar-refractivity contribution in [2.45, 2.75) is 75.7 Å². The molecule has 1 aliphatic heterocycles. The average Bonchev–Trinajstić information content (AvgIpc) is 2.95. The highest BCUT2D eigenvalue weighted by molar-refractivity contribution is 6.20. The van der Waals surface area contributed by atoms with Gasteiger partial charge >= 0.3 is 5.97 Å². The summed E-state index contributed by atoms with van der Waals surface area (Å²) in [5, 5.41) is 15.8. The van der Waals surface area contributed by atoms with Crippen molar-refractivity contribution >= 4 is 11.8 Å².